The Morgan fingerprint density at radius 3 is 1.42 bits per heavy atom. The van der Waals surface area contributed by atoms with Crippen molar-refractivity contribution >= 4 is 15.2 Å². The highest BCUT2D eigenvalue weighted by atomic mass is 31.2. The Kier molecular flexibility index (Phi) is 8.78. The van der Waals surface area contributed by atoms with Crippen LogP contribution in [0.25, 0.3) is 0 Å². The molecule has 1 rings (SSSR count). The van der Waals surface area contributed by atoms with Gasteiger partial charge in [0.25, 0.3) is 0 Å². The molecule has 0 N–H and O–H groups in total. The van der Waals surface area contributed by atoms with Gasteiger partial charge in [0.1, 0.15) is 5.82 Å². The van der Waals surface area contributed by atoms with Gasteiger partial charge in [-0.2, -0.15) is 0 Å². The summed E-state index contributed by atoms with van der Waals surface area (Å²) in [6.07, 6.45) is 0. The van der Waals surface area contributed by atoms with E-state index in [-0.39, 0.29) is 26.4 Å². The van der Waals surface area contributed by atoms with Gasteiger partial charge in [-0.1, -0.05) is 12.1 Å². The van der Waals surface area contributed by atoms with Crippen molar-refractivity contribution in [2.24, 2.45) is 0 Å². The second-order valence-electron chi connectivity index (χ2n) is 4.68. The van der Waals surface area contributed by atoms with Crippen LogP contribution in [0, 0.1) is 5.82 Å². The van der Waals surface area contributed by atoms with Crippen LogP contribution in [0.4, 0.5) is 4.39 Å². The number of halogens is 1. The van der Waals surface area contributed by atoms with Crippen LogP contribution in [0.2, 0.25) is 0 Å². The molecule has 0 amide bonds. The first-order chi connectivity index (χ1) is 11.4. The average molecular weight is 382 g/mol. The Hall–Kier alpha value is -0.550. The van der Waals surface area contributed by atoms with Gasteiger partial charge in [0.15, 0.2) is 5.40 Å². The molecule has 1 aromatic carbocycles. The van der Waals surface area contributed by atoms with Crippen molar-refractivity contribution < 1.29 is 31.6 Å². The van der Waals surface area contributed by atoms with Crippen molar-refractivity contribution in [2.75, 3.05) is 26.4 Å². The second kappa shape index (κ2) is 9.81. The highest BCUT2D eigenvalue weighted by Crippen LogP contribution is 2.78. The lowest BCUT2D eigenvalue weighted by Gasteiger charge is -2.31. The van der Waals surface area contributed by atoms with E-state index in [1.165, 1.54) is 24.3 Å². The van der Waals surface area contributed by atoms with E-state index in [1.807, 2.05) is 0 Å². The summed E-state index contributed by atoms with van der Waals surface area (Å²) in [7, 11) is -7.77. The summed E-state index contributed by atoms with van der Waals surface area (Å²) >= 11 is 0. The van der Waals surface area contributed by atoms with Gasteiger partial charge in [0, 0.05) is 0 Å². The van der Waals surface area contributed by atoms with Gasteiger partial charge in [0.2, 0.25) is 0 Å². The maximum Gasteiger partial charge on any atom is 0.350 e. The lowest BCUT2D eigenvalue weighted by molar-refractivity contribution is 0.195. The molecule has 1 aromatic rings. The van der Waals surface area contributed by atoms with Crippen LogP contribution in [0.1, 0.15) is 38.7 Å². The van der Waals surface area contributed by atoms with E-state index >= 15 is 0 Å². The smallest absolute Gasteiger partial charge is 0.308 e. The van der Waals surface area contributed by atoms with Crippen molar-refractivity contribution in [2.45, 2.75) is 33.1 Å². The molecule has 0 unspecified atom stereocenters. The monoisotopic (exact) mass is 382 g/mol. The second-order valence-corrected chi connectivity index (χ2v) is 9.31. The zero-order valence-electron chi connectivity index (χ0n) is 14.4. The molecule has 0 aromatic heterocycles. The lowest BCUT2D eigenvalue weighted by Crippen LogP contribution is -2.11. The van der Waals surface area contributed by atoms with E-state index in [0.29, 0.717) is 5.56 Å². The molecule has 0 saturated carbocycles. The molecule has 9 heteroatoms. The molecule has 0 aliphatic carbocycles. The molecule has 0 aliphatic heterocycles. The first kappa shape index (κ1) is 21.5. The fourth-order valence-electron chi connectivity index (χ4n) is 2.25. The molecule has 0 saturated heterocycles. The van der Waals surface area contributed by atoms with Crippen molar-refractivity contribution in [3.63, 3.8) is 0 Å². The van der Waals surface area contributed by atoms with Crippen LogP contribution in [0.15, 0.2) is 24.3 Å². The third-order valence-corrected chi connectivity index (χ3v) is 8.97. The first-order valence-corrected chi connectivity index (χ1v) is 11.1. The fourth-order valence-corrected chi connectivity index (χ4v) is 7.66. The average Bonchev–Trinajstić information content (AvgIpc) is 2.50. The van der Waals surface area contributed by atoms with Crippen LogP contribution in [-0.4, -0.2) is 26.4 Å². The van der Waals surface area contributed by atoms with E-state index < -0.39 is 26.4 Å². The van der Waals surface area contributed by atoms with Crippen molar-refractivity contribution in [3.05, 3.63) is 35.6 Å². The fraction of sp³-hybridized carbons (Fsp3) is 0.600. The minimum absolute atomic E-state index is 0.0905. The number of benzene rings is 1. The van der Waals surface area contributed by atoms with E-state index in [0.717, 1.165) is 0 Å². The van der Waals surface area contributed by atoms with Gasteiger partial charge in [-0.25, -0.2) is 4.39 Å². The Balaban J connectivity index is 3.51. The van der Waals surface area contributed by atoms with Crippen LogP contribution < -0.4 is 0 Å². The standard InChI is InChI=1S/C15H25FO6P2/c1-5-19-23(17,20-6-2)15(13-9-11-14(16)12-10-13)24(18,21-7-3)22-8-4/h9-12,15H,5-8H2,1-4H3. The van der Waals surface area contributed by atoms with E-state index in [1.54, 1.807) is 27.7 Å². The summed E-state index contributed by atoms with van der Waals surface area (Å²) in [5.41, 5.74) is 0.312. The minimum Gasteiger partial charge on any atom is -0.308 e. The minimum atomic E-state index is -3.88. The first-order valence-electron chi connectivity index (χ1n) is 7.89. The van der Waals surface area contributed by atoms with Crippen LogP contribution in [0.3, 0.4) is 0 Å². The molecule has 6 nitrogen and oxygen atoms in total. The van der Waals surface area contributed by atoms with Crippen LogP contribution in [0.5, 0.6) is 0 Å². The van der Waals surface area contributed by atoms with Crippen molar-refractivity contribution in [3.8, 4) is 0 Å². The van der Waals surface area contributed by atoms with Crippen LogP contribution >= 0.6 is 15.2 Å². The Bertz CT molecular complexity index is 542. The number of hydrogen-bond donors (Lipinski definition) is 0. The van der Waals surface area contributed by atoms with E-state index in [9.17, 15) is 13.5 Å². The largest absolute Gasteiger partial charge is 0.350 e. The summed E-state index contributed by atoms with van der Waals surface area (Å²) in [5, 5.41) is -1.29. The lowest BCUT2D eigenvalue weighted by atomic mass is 10.2. The Labute approximate surface area is 142 Å². The number of hydrogen-bond acceptors (Lipinski definition) is 6. The third-order valence-electron chi connectivity index (χ3n) is 3.00. The van der Waals surface area contributed by atoms with Gasteiger partial charge in [0.05, 0.1) is 26.4 Å². The highest BCUT2D eigenvalue weighted by Gasteiger charge is 2.51. The predicted octanol–water partition coefficient (Wildman–Crippen LogP) is 5.36. The third kappa shape index (κ3) is 5.22. The number of rotatable bonds is 11. The maximum atomic E-state index is 13.3. The maximum absolute atomic E-state index is 13.3. The van der Waals surface area contributed by atoms with E-state index in [4.69, 9.17) is 18.1 Å². The Morgan fingerprint density at radius 1 is 0.792 bits per heavy atom. The predicted molar refractivity (Wildman–Crippen MR) is 90.9 cm³/mol. The molecular formula is C15H25FO6P2. The Morgan fingerprint density at radius 2 is 1.12 bits per heavy atom. The summed E-state index contributed by atoms with van der Waals surface area (Å²) < 4.78 is 61.4. The quantitative estimate of drug-likeness (QED) is 0.480. The zero-order valence-corrected chi connectivity index (χ0v) is 16.2. The van der Waals surface area contributed by atoms with Gasteiger partial charge < -0.3 is 18.1 Å². The summed E-state index contributed by atoms with van der Waals surface area (Å²) in [5.74, 6) is -0.470. The molecule has 0 atom stereocenters. The molecule has 0 radical (unpaired) electrons. The van der Waals surface area contributed by atoms with Gasteiger partial charge in [-0.3, -0.25) is 9.13 Å². The van der Waals surface area contributed by atoms with Gasteiger partial charge in [-0.15, -0.1) is 0 Å². The molecule has 0 bridgehead atoms. The molecule has 138 valence electrons. The molecule has 0 fully saturated rings. The molecule has 0 aliphatic rings. The summed E-state index contributed by atoms with van der Waals surface area (Å²) in [4.78, 5) is 0. The van der Waals surface area contributed by atoms with Crippen molar-refractivity contribution in [1.29, 1.82) is 0 Å². The SMILES string of the molecule is CCOP(=O)(OCC)C(c1ccc(F)cc1)P(=O)(OCC)OCC. The topological polar surface area (TPSA) is 71.1 Å². The van der Waals surface area contributed by atoms with Gasteiger partial charge >= 0.3 is 15.2 Å². The summed E-state index contributed by atoms with van der Waals surface area (Å²) in [6, 6.07) is 5.14. The molecular weight excluding hydrogens is 357 g/mol. The summed E-state index contributed by atoms with van der Waals surface area (Å²) in [6.45, 7) is 6.97. The van der Waals surface area contributed by atoms with Crippen molar-refractivity contribution in [1.82, 2.24) is 0 Å². The molecule has 0 heterocycles. The highest BCUT2D eigenvalue weighted by molar-refractivity contribution is 7.72. The van der Waals surface area contributed by atoms with Gasteiger partial charge in [-0.05, 0) is 45.4 Å². The zero-order chi connectivity index (χ0) is 18.2. The normalized spacial score (nSPS) is 12.8. The molecule has 24 heavy (non-hydrogen) atoms. The van der Waals surface area contributed by atoms with E-state index in [2.05, 4.69) is 0 Å². The van der Waals surface area contributed by atoms with Crippen LogP contribution in [-0.2, 0) is 27.2 Å². The molecule has 0 spiro atoms.